The quantitative estimate of drug-likeness (QED) is 0.740. The Hall–Kier alpha value is -2.54. The van der Waals surface area contributed by atoms with Gasteiger partial charge in [0.25, 0.3) is 0 Å². The highest BCUT2D eigenvalue weighted by atomic mass is 32.1. The van der Waals surface area contributed by atoms with Crippen LogP contribution in [0.25, 0.3) is 0 Å². The smallest absolute Gasteiger partial charge is 0.318 e. The van der Waals surface area contributed by atoms with E-state index in [4.69, 9.17) is 4.74 Å². The fourth-order valence-electron chi connectivity index (χ4n) is 1.86. The van der Waals surface area contributed by atoms with Crippen molar-refractivity contribution in [1.29, 1.82) is 0 Å². The number of hydrogen-bond donors (Lipinski definition) is 1. The van der Waals surface area contributed by atoms with Gasteiger partial charge in [-0.3, -0.25) is 0 Å². The van der Waals surface area contributed by atoms with E-state index >= 15 is 0 Å². The predicted octanol–water partition coefficient (Wildman–Crippen LogP) is 4.01. The maximum absolute atomic E-state index is 13.7. The molecule has 3 aromatic rings. The minimum Gasteiger partial charge on any atom is -0.459 e. The van der Waals surface area contributed by atoms with Crippen LogP contribution in [0.5, 0.6) is 6.01 Å². The molecule has 118 valence electrons. The van der Waals surface area contributed by atoms with Gasteiger partial charge in [-0.15, -0.1) is 11.3 Å². The van der Waals surface area contributed by atoms with Gasteiger partial charge in [0.15, 0.2) is 11.6 Å². The fourth-order valence-corrected chi connectivity index (χ4v) is 2.50. The lowest BCUT2D eigenvalue weighted by atomic mass is 10.2. The first-order valence-electron chi connectivity index (χ1n) is 6.87. The van der Waals surface area contributed by atoms with E-state index < -0.39 is 5.82 Å². The molecule has 0 saturated heterocycles. The Morgan fingerprint density at radius 1 is 1.13 bits per heavy atom. The van der Waals surface area contributed by atoms with Crippen LogP contribution in [0.2, 0.25) is 0 Å². The number of rotatable bonds is 6. The van der Waals surface area contributed by atoms with E-state index in [1.165, 1.54) is 12.1 Å². The molecule has 0 spiro atoms. The number of thiophene rings is 1. The normalized spacial score (nSPS) is 10.5. The molecule has 1 aromatic carbocycles. The number of nitrogens with zero attached hydrogens (tertiary/aromatic N) is 2. The van der Waals surface area contributed by atoms with E-state index in [-0.39, 0.29) is 24.3 Å². The number of benzene rings is 1. The zero-order chi connectivity index (χ0) is 16.1. The van der Waals surface area contributed by atoms with Crippen molar-refractivity contribution >= 4 is 17.2 Å². The molecule has 0 unspecified atom stereocenters. The Morgan fingerprint density at radius 2 is 1.96 bits per heavy atom. The molecule has 2 aromatic heterocycles. The van der Waals surface area contributed by atoms with Gasteiger partial charge in [0.05, 0.1) is 12.7 Å². The largest absolute Gasteiger partial charge is 0.459 e. The number of aromatic nitrogens is 2. The number of anilines is 1. The summed E-state index contributed by atoms with van der Waals surface area (Å²) in [5.41, 5.74) is 0.771. The van der Waals surface area contributed by atoms with Crippen LogP contribution in [-0.4, -0.2) is 9.97 Å². The Morgan fingerprint density at radius 3 is 2.70 bits per heavy atom. The molecule has 0 bridgehead atoms. The van der Waals surface area contributed by atoms with Gasteiger partial charge in [0, 0.05) is 4.88 Å². The summed E-state index contributed by atoms with van der Waals surface area (Å²) >= 11 is 1.57. The second kappa shape index (κ2) is 7.15. The van der Waals surface area contributed by atoms with E-state index in [1.54, 1.807) is 23.5 Å². The van der Waals surface area contributed by atoms with Crippen molar-refractivity contribution in [2.45, 2.75) is 13.2 Å². The fraction of sp³-hybridized carbons (Fsp3) is 0.125. The van der Waals surface area contributed by atoms with E-state index in [1.807, 2.05) is 17.5 Å². The Bertz CT molecular complexity index is 764. The van der Waals surface area contributed by atoms with Crippen LogP contribution in [0.15, 0.2) is 48.0 Å². The van der Waals surface area contributed by atoms with Crippen molar-refractivity contribution < 1.29 is 13.5 Å². The summed E-state index contributed by atoms with van der Waals surface area (Å²) in [5.74, 6) is -0.773. The van der Waals surface area contributed by atoms with Crippen molar-refractivity contribution in [3.8, 4) is 6.01 Å². The molecular weight excluding hydrogens is 320 g/mol. The van der Waals surface area contributed by atoms with E-state index in [9.17, 15) is 8.78 Å². The summed E-state index contributed by atoms with van der Waals surface area (Å²) < 4.78 is 32.0. The molecule has 0 aliphatic rings. The highest BCUT2D eigenvalue weighted by Crippen LogP contribution is 2.17. The average molecular weight is 333 g/mol. The van der Waals surface area contributed by atoms with Crippen LogP contribution in [0, 0.1) is 11.6 Å². The molecular formula is C16H13F2N3OS. The lowest BCUT2D eigenvalue weighted by Gasteiger charge is -2.08. The molecule has 3 rings (SSSR count). The molecule has 1 N–H and O–H groups in total. The van der Waals surface area contributed by atoms with E-state index in [2.05, 4.69) is 15.3 Å². The lowest BCUT2D eigenvalue weighted by molar-refractivity contribution is 0.279. The van der Waals surface area contributed by atoms with Crippen LogP contribution in [0.4, 0.5) is 14.6 Å². The monoisotopic (exact) mass is 333 g/mol. The molecule has 0 aliphatic heterocycles. The average Bonchev–Trinajstić information content (AvgIpc) is 3.08. The van der Waals surface area contributed by atoms with Gasteiger partial charge in [-0.25, -0.2) is 13.8 Å². The minimum atomic E-state index is -0.546. The lowest BCUT2D eigenvalue weighted by Crippen LogP contribution is -2.06. The Labute approximate surface area is 135 Å². The van der Waals surface area contributed by atoms with Crippen LogP contribution >= 0.6 is 11.3 Å². The first-order chi connectivity index (χ1) is 11.2. The second-order valence-corrected chi connectivity index (χ2v) is 5.73. The third kappa shape index (κ3) is 4.23. The number of hydrogen-bond acceptors (Lipinski definition) is 5. The first kappa shape index (κ1) is 15.4. The third-order valence-corrected chi connectivity index (χ3v) is 3.89. The zero-order valence-corrected chi connectivity index (χ0v) is 12.8. The van der Waals surface area contributed by atoms with Crippen LogP contribution in [0.3, 0.4) is 0 Å². The van der Waals surface area contributed by atoms with E-state index in [0.29, 0.717) is 6.54 Å². The zero-order valence-electron chi connectivity index (χ0n) is 12.0. The van der Waals surface area contributed by atoms with Crippen LogP contribution < -0.4 is 10.1 Å². The van der Waals surface area contributed by atoms with Crippen molar-refractivity contribution in [3.05, 3.63) is 70.1 Å². The highest BCUT2D eigenvalue weighted by molar-refractivity contribution is 7.09. The van der Waals surface area contributed by atoms with Crippen LogP contribution in [0.1, 0.15) is 10.4 Å². The number of ether oxygens (including phenoxy) is 1. The SMILES string of the molecule is Fc1ccc(COc2ncc(F)c(NCc3cccs3)n2)cc1. The molecule has 0 radical (unpaired) electrons. The standard InChI is InChI=1S/C16H13F2N3OS/c17-12-5-3-11(4-6-12)10-22-16-20-9-14(18)15(21-16)19-8-13-2-1-7-23-13/h1-7,9H,8,10H2,(H,19,20,21). The maximum atomic E-state index is 13.7. The van der Waals surface area contributed by atoms with Gasteiger partial charge in [-0.05, 0) is 29.1 Å². The summed E-state index contributed by atoms with van der Waals surface area (Å²) in [4.78, 5) is 8.88. The van der Waals surface area contributed by atoms with Gasteiger partial charge < -0.3 is 10.1 Å². The second-order valence-electron chi connectivity index (χ2n) is 4.70. The van der Waals surface area contributed by atoms with Gasteiger partial charge in [-0.2, -0.15) is 4.98 Å². The van der Waals surface area contributed by atoms with Crippen molar-refractivity contribution in [2.24, 2.45) is 0 Å². The summed E-state index contributed by atoms with van der Waals surface area (Å²) in [6.07, 6.45) is 1.06. The van der Waals surface area contributed by atoms with Crippen LogP contribution in [-0.2, 0) is 13.2 Å². The first-order valence-corrected chi connectivity index (χ1v) is 7.75. The van der Waals surface area contributed by atoms with Crippen molar-refractivity contribution in [1.82, 2.24) is 9.97 Å². The Balaban J connectivity index is 1.63. The third-order valence-electron chi connectivity index (χ3n) is 3.01. The summed E-state index contributed by atoms with van der Waals surface area (Å²) in [6.45, 7) is 0.652. The molecule has 0 atom stereocenters. The van der Waals surface area contributed by atoms with E-state index in [0.717, 1.165) is 16.6 Å². The topological polar surface area (TPSA) is 47.0 Å². The molecule has 4 nitrogen and oxygen atoms in total. The molecule has 23 heavy (non-hydrogen) atoms. The number of halogens is 2. The molecule has 0 fully saturated rings. The summed E-state index contributed by atoms with van der Waals surface area (Å²) in [7, 11) is 0. The Kier molecular flexibility index (Phi) is 4.77. The van der Waals surface area contributed by atoms with Crippen molar-refractivity contribution in [2.75, 3.05) is 5.32 Å². The molecule has 7 heteroatoms. The summed E-state index contributed by atoms with van der Waals surface area (Å²) in [6, 6.07) is 9.84. The van der Waals surface area contributed by atoms with Gasteiger partial charge >= 0.3 is 6.01 Å². The number of nitrogens with one attached hydrogen (secondary N) is 1. The molecule has 0 aliphatic carbocycles. The highest BCUT2D eigenvalue weighted by Gasteiger charge is 2.08. The van der Waals surface area contributed by atoms with Gasteiger partial charge in [-0.1, -0.05) is 18.2 Å². The van der Waals surface area contributed by atoms with Crippen molar-refractivity contribution in [3.63, 3.8) is 0 Å². The molecule has 0 amide bonds. The van der Waals surface area contributed by atoms with Gasteiger partial charge in [0.2, 0.25) is 0 Å². The predicted molar refractivity (Wildman–Crippen MR) is 84.4 cm³/mol. The minimum absolute atomic E-state index is 0.0596. The molecule has 0 saturated carbocycles. The molecule has 2 heterocycles. The maximum Gasteiger partial charge on any atom is 0.318 e. The summed E-state index contributed by atoms with van der Waals surface area (Å²) in [5, 5.41) is 4.87. The van der Waals surface area contributed by atoms with Gasteiger partial charge in [0.1, 0.15) is 12.4 Å².